The maximum atomic E-state index is 11.5. The zero-order chi connectivity index (χ0) is 10.5. The number of Topliss-reactive ketones (excluding diaryl/α,β-unsaturated/α-hetero) is 1. The molecule has 0 aliphatic carbocycles. The lowest BCUT2D eigenvalue weighted by Gasteiger charge is -1.96. The van der Waals surface area contributed by atoms with Gasteiger partial charge in [0.05, 0.1) is 18.8 Å². The van der Waals surface area contributed by atoms with Gasteiger partial charge in [-0.1, -0.05) is 0 Å². The average molecular weight is 204 g/mol. The first kappa shape index (κ1) is 9.77. The van der Waals surface area contributed by atoms with E-state index in [4.69, 9.17) is 8.83 Å². The van der Waals surface area contributed by atoms with Gasteiger partial charge in [0.25, 0.3) is 0 Å². The first-order valence-electron chi connectivity index (χ1n) is 4.90. The molecule has 0 fully saturated rings. The maximum Gasteiger partial charge on any atom is 0.137 e. The lowest BCUT2D eigenvalue weighted by molar-refractivity contribution is -0.118. The third-order valence-electron chi connectivity index (χ3n) is 2.21. The molecule has 0 saturated heterocycles. The fraction of sp³-hybridized carbons (Fsp3) is 0.250. The highest BCUT2D eigenvalue weighted by Crippen LogP contribution is 2.07. The van der Waals surface area contributed by atoms with Crippen molar-refractivity contribution < 1.29 is 13.6 Å². The van der Waals surface area contributed by atoms with Crippen LogP contribution in [0.4, 0.5) is 0 Å². The van der Waals surface area contributed by atoms with Gasteiger partial charge in [0.15, 0.2) is 0 Å². The van der Waals surface area contributed by atoms with Gasteiger partial charge in [0.1, 0.15) is 11.5 Å². The van der Waals surface area contributed by atoms with Crippen molar-refractivity contribution in [2.75, 3.05) is 0 Å². The van der Waals surface area contributed by atoms with E-state index in [1.165, 1.54) is 0 Å². The summed E-state index contributed by atoms with van der Waals surface area (Å²) in [5, 5.41) is 0. The van der Waals surface area contributed by atoms with Gasteiger partial charge in [-0.25, -0.2) is 0 Å². The summed E-state index contributed by atoms with van der Waals surface area (Å²) in [5.74, 6) is 1.06. The summed E-state index contributed by atoms with van der Waals surface area (Å²) in [4.78, 5) is 11.5. The molecule has 0 unspecified atom stereocenters. The van der Waals surface area contributed by atoms with Gasteiger partial charge < -0.3 is 8.83 Å². The van der Waals surface area contributed by atoms with Gasteiger partial charge in [-0.3, -0.25) is 4.79 Å². The molecule has 3 nitrogen and oxygen atoms in total. The van der Waals surface area contributed by atoms with Crippen molar-refractivity contribution in [2.45, 2.75) is 19.3 Å². The summed E-state index contributed by atoms with van der Waals surface area (Å²) >= 11 is 0. The molecule has 0 aromatic carbocycles. The molecule has 0 amide bonds. The highest BCUT2D eigenvalue weighted by molar-refractivity contribution is 5.80. The Balaban J connectivity index is 1.78. The van der Waals surface area contributed by atoms with Gasteiger partial charge >= 0.3 is 0 Å². The first-order chi connectivity index (χ1) is 7.34. The number of hydrogen-bond acceptors (Lipinski definition) is 3. The predicted molar refractivity (Wildman–Crippen MR) is 54.4 cm³/mol. The summed E-state index contributed by atoms with van der Waals surface area (Å²) in [5.41, 5.74) is 0.930. The van der Waals surface area contributed by atoms with E-state index in [9.17, 15) is 4.79 Å². The molecule has 0 aliphatic heterocycles. The van der Waals surface area contributed by atoms with Crippen molar-refractivity contribution >= 4 is 5.78 Å². The SMILES string of the molecule is O=C(CCc1ccco1)Cc1ccoc1. The summed E-state index contributed by atoms with van der Waals surface area (Å²) in [6.45, 7) is 0. The van der Waals surface area contributed by atoms with E-state index in [-0.39, 0.29) is 5.78 Å². The standard InChI is InChI=1S/C12H12O3/c13-11(8-10-5-7-14-9-10)3-4-12-2-1-6-15-12/h1-2,5-7,9H,3-4,8H2. The van der Waals surface area contributed by atoms with E-state index in [1.54, 1.807) is 18.8 Å². The molecule has 0 bridgehead atoms. The van der Waals surface area contributed by atoms with Crippen LogP contribution in [0, 0.1) is 0 Å². The third kappa shape index (κ3) is 2.84. The monoisotopic (exact) mass is 204 g/mol. The van der Waals surface area contributed by atoms with Crippen molar-refractivity contribution in [1.29, 1.82) is 0 Å². The van der Waals surface area contributed by atoms with Gasteiger partial charge in [-0.15, -0.1) is 0 Å². The molecular formula is C12H12O3. The molecule has 0 radical (unpaired) electrons. The van der Waals surface area contributed by atoms with Crippen molar-refractivity contribution in [3.8, 4) is 0 Å². The van der Waals surface area contributed by atoms with E-state index in [0.29, 0.717) is 19.3 Å². The van der Waals surface area contributed by atoms with Crippen molar-refractivity contribution in [3.63, 3.8) is 0 Å². The maximum absolute atomic E-state index is 11.5. The second-order valence-corrected chi connectivity index (χ2v) is 3.43. The van der Waals surface area contributed by atoms with Crippen molar-refractivity contribution in [3.05, 3.63) is 48.3 Å². The minimum atomic E-state index is 0.202. The van der Waals surface area contributed by atoms with Crippen molar-refractivity contribution in [2.24, 2.45) is 0 Å². The van der Waals surface area contributed by atoms with Crippen LogP contribution in [0.3, 0.4) is 0 Å². The Hall–Kier alpha value is -1.77. The Labute approximate surface area is 87.7 Å². The Morgan fingerprint density at radius 2 is 2.20 bits per heavy atom. The molecule has 0 atom stereocenters. The normalized spacial score (nSPS) is 10.4. The number of hydrogen-bond donors (Lipinski definition) is 0. The lowest BCUT2D eigenvalue weighted by atomic mass is 10.1. The van der Waals surface area contributed by atoms with Crippen LogP contribution in [0.5, 0.6) is 0 Å². The van der Waals surface area contributed by atoms with Crippen LogP contribution < -0.4 is 0 Å². The quantitative estimate of drug-likeness (QED) is 0.751. The first-order valence-corrected chi connectivity index (χ1v) is 4.90. The smallest absolute Gasteiger partial charge is 0.137 e. The van der Waals surface area contributed by atoms with Crippen LogP contribution in [-0.4, -0.2) is 5.78 Å². The van der Waals surface area contributed by atoms with Gasteiger partial charge in [-0.05, 0) is 23.8 Å². The number of carbonyl (C=O) groups excluding carboxylic acids is 1. The molecule has 0 spiro atoms. The molecule has 0 saturated carbocycles. The molecule has 78 valence electrons. The van der Waals surface area contributed by atoms with Crippen LogP contribution >= 0.6 is 0 Å². The molecular weight excluding hydrogens is 192 g/mol. The topological polar surface area (TPSA) is 43.4 Å². The van der Waals surface area contributed by atoms with E-state index in [0.717, 1.165) is 11.3 Å². The zero-order valence-electron chi connectivity index (χ0n) is 8.31. The van der Waals surface area contributed by atoms with Gasteiger partial charge in [-0.2, -0.15) is 0 Å². The van der Waals surface area contributed by atoms with Crippen LogP contribution in [-0.2, 0) is 17.6 Å². The average Bonchev–Trinajstić information content (AvgIpc) is 2.86. The Morgan fingerprint density at radius 3 is 2.87 bits per heavy atom. The molecule has 2 aromatic heterocycles. The highest BCUT2D eigenvalue weighted by Gasteiger charge is 2.06. The third-order valence-corrected chi connectivity index (χ3v) is 2.21. The largest absolute Gasteiger partial charge is 0.472 e. The lowest BCUT2D eigenvalue weighted by Crippen LogP contribution is -2.03. The summed E-state index contributed by atoms with van der Waals surface area (Å²) in [6, 6.07) is 5.52. The highest BCUT2D eigenvalue weighted by atomic mass is 16.3. The molecule has 0 aliphatic rings. The van der Waals surface area contributed by atoms with Crippen LogP contribution in [0.25, 0.3) is 0 Å². The van der Waals surface area contributed by atoms with Crippen molar-refractivity contribution in [1.82, 2.24) is 0 Å². The number of carbonyl (C=O) groups is 1. The second kappa shape index (κ2) is 4.64. The molecule has 2 rings (SSSR count). The second-order valence-electron chi connectivity index (χ2n) is 3.43. The van der Waals surface area contributed by atoms with Crippen LogP contribution in [0.2, 0.25) is 0 Å². The van der Waals surface area contributed by atoms with E-state index in [2.05, 4.69) is 0 Å². The van der Waals surface area contributed by atoms with E-state index < -0.39 is 0 Å². The van der Waals surface area contributed by atoms with Gasteiger partial charge in [0.2, 0.25) is 0 Å². The fourth-order valence-corrected chi connectivity index (χ4v) is 1.43. The van der Waals surface area contributed by atoms with Crippen LogP contribution in [0.15, 0.2) is 45.8 Å². The minimum absolute atomic E-state index is 0.202. The zero-order valence-corrected chi connectivity index (χ0v) is 8.31. The van der Waals surface area contributed by atoms with E-state index >= 15 is 0 Å². The number of ketones is 1. The fourth-order valence-electron chi connectivity index (χ4n) is 1.43. The molecule has 2 aromatic rings. The number of rotatable bonds is 5. The summed E-state index contributed by atoms with van der Waals surface area (Å²) in [6.07, 6.45) is 6.43. The predicted octanol–water partition coefficient (Wildman–Crippen LogP) is 2.62. The Kier molecular flexibility index (Phi) is 3.02. The Morgan fingerprint density at radius 1 is 1.27 bits per heavy atom. The van der Waals surface area contributed by atoms with Crippen LogP contribution in [0.1, 0.15) is 17.7 Å². The number of aryl methyl sites for hydroxylation is 1. The minimum Gasteiger partial charge on any atom is -0.472 e. The molecule has 0 N–H and O–H groups in total. The summed E-state index contributed by atoms with van der Waals surface area (Å²) < 4.78 is 10.0. The number of furan rings is 2. The molecule has 3 heteroatoms. The molecule has 2 heterocycles. The van der Waals surface area contributed by atoms with Gasteiger partial charge in [0, 0.05) is 19.3 Å². The molecule has 15 heavy (non-hydrogen) atoms. The Bertz CT molecular complexity index is 398. The summed E-state index contributed by atoms with van der Waals surface area (Å²) in [7, 11) is 0. The van der Waals surface area contributed by atoms with E-state index in [1.807, 2.05) is 18.2 Å².